The lowest BCUT2D eigenvalue weighted by molar-refractivity contribution is -0.129. The van der Waals surface area contributed by atoms with E-state index in [0.29, 0.717) is 6.47 Å². The molecule has 0 aromatic rings. The third-order valence-electron chi connectivity index (χ3n) is 0.719. The van der Waals surface area contributed by atoms with Crippen molar-refractivity contribution >= 4 is 22.4 Å². The molecular formula is C5H9BrO2. The van der Waals surface area contributed by atoms with Crippen molar-refractivity contribution in [1.29, 1.82) is 0 Å². The molecule has 2 nitrogen and oxygen atoms in total. The minimum absolute atomic E-state index is 0.0926. The highest BCUT2D eigenvalue weighted by Gasteiger charge is 1.98. The number of hydrogen-bond donors (Lipinski definition) is 0. The van der Waals surface area contributed by atoms with E-state index in [1.54, 1.807) is 0 Å². The topological polar surface area (TPSA) is 26.3 Å². The molecule has 1 unspecified atom stereocenters. The van der Waals surface area contributed by atoms with E-state index in [-0.39, 0.29) is 5.01 Å². The monoisotopic (exact) mass is 180 g/mol. The molecule has 0 N–H and O–H groups in total. The highest BCUT2D eigenvalue weighted by Crippen LogP contribution is 2.06. The average molecular weight is 181 g/mol. The summed E-state index contributed by atoms with van der Waals surface area (Å²) in [7, 11) is 0. The van der Waals surface area contributed by atoms with Gasteiger partial charge in [0.05, 0.1) is 0 Å². The largest absolute Gasteiger partial charge is 0.453 e. The van der Waals surface area contributed by atoms with Gasteiger partial charge < -0.3 is 4.74 Å². The minimum Gasteiger partial charge on any atom is -0.453 e. The van der Waals surface area contributed by atoms with Gasteiger partial charge in [0.1, 0.15) is 0 Å². The molecule has 0 aliphatic heterocycles. The molecule has 0 amide bonds. The summed E-state index contributed by atoms with van der Waals surface area (Å²) in [6, 6.07) is 0. The van der Waals surface area contributed by atoms with Crippen molar-refractivity contribution in [2.75, 3.05) is 0 Å². The number of alkyl halides is 1. The molecule has 48 valence electrons. The fraction of sp³-hybridized carbons (Fsp3) is 0.800. The molecule has 1 atom stereocenters. The van der Waals surface area contributed by atoms with Gasteiger partial charge in [-0.3, -0.25) is 4.79 Å². The first-order chi connectivity index (χ1) is 3.81. The molecule has 0 radical (unpaired) electrons. The zero-order valence-electron chi connectivity index (χ0n) is 4.76. The number of rotatable bonds is 4. The van der Waals surface area contributed by atoms with Gasteiger partial charge >= 0.3 is 0 Å². The Morgan fingerprint density at radius 1 is 1.88 bits per heavy atom. The Kier molecular flexibility index (Phi) is 5.06. The van der Waals surface area contributed by atoms with Crippen LogP contribution in [0.1, 0.15) is 19.8 Å². The van der Waals surface area contributed by atoms with E-state index in [9.17, 15) is 4.79 Å². The predicted octanol–water partition coefficient (Wildman–Crippen LogP) is 1.68. The second-order valence-corrected chi connectivity index (χ2v) is 2.45. The molecule has 8 heavy (non-hydrogen) atoms. The lowest BCUT2D eigenvalue weighted by atomic mass is 10.4. The van der Waals surface area contributed by atoms with Crippen LogP contribution in [-0.2, 0) is 9.53 Å². The maximum atomic E-state index is 9.64. The maximum Gasteiger partial charge on any atom is 0.294 e. The Morgan fingerprint density at radius 2 is 2.50 bits per heavy atom. The number of ether oxygens (including phenoxy) is 1. The molecule has 0 bridgehead atoms. The number of carbonyl (C=O) groups is 1. The van der Waals surface area contributed by atoms with Crippen molar-refractivity contribution in [1.82, 2.24) is 0 Å². The maximum absolute atomic E-state index is 9.64. The van der Waals surface area contributed by atoms with E-state index in [0.717, 1.165) is 12.8 Å². The van der Waals surface area contributed by atoms with Crippen LogP contribution in [0.15, 0.2) is 0 Å². The van der Waals surface area contributed by atoms with Crippen molar-refractivity contribution in [2.45, 2.75) is 24.8 Å². The average Bonchev–Trinajstić information content (AvgIpc) is 1.68. The molecule has 0 rings (SSSR count). The van der Waals surface area contributed by atoms with E-state index < -0.39 is 0 Å². The first kappa shape index (κ1) is 7.95. The number of hydrogen-bond acceptors (Lipinski definition) is 2. The molecular weight excluding hydrogens is 172 g/mol. The normalized spacial score (nSPS) is 12.8. The fourth-order valence-electron chi connectivity index (χ4n) is 0.355. The van der Waals surface area contributed by atoms with Gasteiger partial charge in [0.15, 0.2) is 5.01 Å². The first-order valence-corrected chi connectivity index (χ1v) is 3.46. The standard InChI is InChI=1S/C5H9BrO2/c1-2-3-5(6)8-4-7/h4-5H,2-3H2,1H3. The van der Waals surface area contributed by atoms with E-state index in [2.05, 4.69) is 20.7 Å². The van der Waals surface area contributed by atoms with Crippen LogP contribution in [0.3, 0.4) is 0 Å². The van der Waals surface area contributed by atoms with Gasteiger partial charge in [-0.1, -0.05) is 13.3 Å². The summed E-state index contributed by atoms with van der Waals surface area (Å²) in [5.74, 6) is 0. The van der Waals surface area contributed by atoms with Crippen LogP contribution in [-0.4, -0.2) is 11.5 Å². The zero-order chi connectivity index (χ0) is 6.41. The minimum atomic E-state index is -0.0926. The van der Waals surface area contributed by atoms with Gasteiger partial charge in [-0.05, 0) is 22.4 Å². The van der Waals surface area contributed by atoms with Gasteiger partial charge in [0.25, 0.3) is 6.47 Å². The Morgan fingerprint density at radius 3 is 2.88 bits per heavy atom. The van der Waals surface area contributed by atoms with Crippen molar-refractivity contribution in [3.8, 4) is 0 Å². The predicted molar refractivity (Wildman–Crippen MR) is 34.8 cm³/mol. The van der Waals surface area contributed by atoms with Crippen LogP contribution in [0.4, 0.5) is 0 Å². The van der Waals surface area contributed by atoms with Crippen LogP contribution in [0, 0.1) is 0 Å². The Hall–Kier alpha value is -0.0500. The molecule has 0 heterocycles. The summed E-state index contributed by atoms with van der Waals surface area (Å²) in [5, 5.41) is -0.0926. The highest BCUT2D eigenvalue weighted by atomic mass is 79.9. The summed E-state index contributed by atoms with van der Waals surface area (Å²) in [5.41, 5.74) is 0. The van der Waals surface area contributed by atoms with Crippen LogP contribution < -0.4 is 0 Å². The van der Waals surface area contributed by atoms with E-state index >= 15 is 0 Å². The van der Waals surface area contributed by atoms with Crippen molar-refractivity contribution in [2.24, 2.45) is 0 Å². The summed E-state index contributed by atoms with van der Waals surface area (Å²) in [6.45, 7) is 2.48. The van der Waals surface area contributed by atoms with Gasteiger partial charge in [0.2, 0.25) is 0 Å². The van der Waals surface area contributed by atoms with Crippen molar-refractivity contribution < 1.29 is 9.53 Å². The summed E-state index contributed by atoms with van der Waals surface area (Å²) in [6.07, 6.45) is 1.89. The van der Waals surface area contributed by atoms with Crippen LogP contribution >= 0.6 is 15.9 Å². The van der Waals surface area contributed by atoms with Gasteiger partial charge in [0, 0.05) is 0 Å². The SMILES string of the molecule is CCCC(Br)OC=O. The smallest absolute Gasteiger partial charge is 0.294 e. The third kappa shape index (κ3) is 4.12. The molecule has 0 aromatic carbocycles. The molecule has 3 heteroatoms. The molecule has 0 aliphatic rings. The first-order valence-electron chi connectivity index (χ1n) is 2.54. The van der Waals surface area contributed by atoms with Crippen LogP contribution in [0.25, 0.3) is 0 Å². The molecule has 0 saturated carbocycles. The Labute approximate surface area is 57.3 Å². The molecule has 0 aromatic heterocycles. The Bertz CT molecular complexity index is 65.4. The second kappa shape index (κ2) is 5.09. The van der Waals surface area contributed by atoms with E-state index in [1.165, 1.54) is 0 Å². The number of carbonyl (C=O) groups excluding carboxylic acids is 1. The molecule has 0 fully saturated rings. The zero-order valence-corrected chi connectivity index (χ0v) is 6.35. The van der Waals surface area contributed by atoms with Crippen LogP contribution in [0.5, 0.6) is 0 Å². The number of halogens is 1. The summed E-state index contributed by atoms with van der Waals surface area (Å²) in [4.78, 5) is 9.64. The van der Waals surface area contributed by atoms with Crippen molar-refractivity contribution in [3.05, 3.63) is 0 Å². The van der Waals surface area contributed by atoms with Gasteiger partial charge in [-0.2, -0.15) is 0 Å². The molecule has 0 spiro atoms. The van der Waals surface area contributed by atoms with Crippen LogP contribution in [0.2, 0.25) is 0 Å². The van der Waals surface area contributed by atoms with E-state index in [4.69, 9.17) is 0 Å². The lowest BCUT2D eigenvalue weighted by Gasteiger charge is -2.02. The van der Waals surface area contributed by atoms with Crippen molar-refractivity contribution in [3.63, 3.8) is 0 Å². The lowest BCUT2D eigenvalue weighted by Crippen LogP contribution is -2.00. The summed E-state index contributed by atoms with van der Waals surface area (Å²) < 4.78 is 4.52. The molecule has 0 saturated heterocycles. The fourth-order valence-corrected chi connectivity index (χ4v) is 0.901. The second-order valence-electron chi connectivity index (χ2n) is 1.43. The molecule has 0 aliphatic carbocycles. The highest BCUT2D eigenvalue weighted by molar-refractivity contribution is 9.09. The van der Waals surface area contributed by atoms with Gasteiger partial charge in [-0.15, -0.1) is 0 Å². The third-order valence-corrected chi connectivity index (χ3v) is 1.39. The Balaban J connectivity index is 3.03. The quantitative estimate of drug-likeness (QED) is 0.487. The van der Waals surface area contributed by atoms with Gasteiger partial charge in [-0.25, -0.2) is 0 Å². The summed E-state index contributed by atoms with van der Waals surface area (Å²) >= 11 is 3.14. The van der Waals surface area contributed by atoms with E-state index in [1.807, 2.05) is 6.92 Å².